The molecule has 0 radical (unpaired) electrons. The number of nitro groups is 1. The zero-order chi connectivity index (χ0) is 18.0. The van der Waals surface area contributed by atoms with E-state index in [1.807, 2.05) is 54.4 Å². The van der Waals surface area contributed by atoms with Crippen molar-refractivity contribution in [3.8, 4) is 0 Å². The van der Waals surface area contributed by atoms with Crippen LogP contribution in [0.25, 0.3) is 0 Å². The van der Waals surface area contributed by atoms with Gasteiger partial charge in [0.15, 0.2) is 0 Å². The third-order valence-electron chi connectivity index (χ3n) is 4.89. The first-order chi connectivity index (χ1) is 12.0. The second kappa shape index (κ2) is 8.49. The summed E-state index contributed by atoms with van der Waals surface area (Å²) in [5.74, 6) is 0.457. The van der Waals surface area contributed by atoms with Gasteiger partial charge < -0.3 is 10.6 Å². The average molecular weight is 377 g/mol. The van der Waals surface area contributed by atoms with E-state index >= 15 is 0 Å². The van der Waals surface area contributed by atoms with Gasteiger partial charge in [0, 0.05) is 44.5 Å². The molecule has 1 aliphatic rings. The summed E-state index contributed by atoms with van der Waals surface area (Å²) in [5.41, 5.74) is 8.64. The van der Waals surface area contributed by atoms with Crippen LogP contribution in [-0.4, -0.2) is 36.0 Å². The number of benzene rings is 2. The van der Waals surface area contributed by atoms with Gasteiger partial charge in [0.05, 0.1) is 4.92 Å². The van der Waals surface area contributed by atoms with Crippen LogP contribution in [0.5, 0.6) is 0 Å². The highest BCUT2D eigenvalue weighted by Crippen LogP contribution is 2.33. The monoisotopic (exact) mass is 376 g/mol. The normalized spacial score (nSPS) is 19.8. The van der Waals surface area contributed by atoms with E-state index in [1.165, 1.54) is 0 Å². The molecule has 0 saturated carbocycles. The van der Waals surface area contributed by atoms with Crippen LogP contribution in [0.2, 0.25) is 0 Å². The Labute approximate surface area is 160 Å². The van der Waals surface area contributed by atoms with Crippen LogP contribution in [0.3, 0.4) is 0 Å². The summed E-state index contributed by atoms with van der Waals surface area (Å²) in [6.07, 6.45) is 0. The molecule has 7 heteroatoms. The van der Waals surface area contributed by atoms with Gasteiger partial charge in [-0.25, -0.2) is 0 Å². The number of nitrogens with two attached hydrogens (primary N) is 1. The van der Waals surface area contributed by atoms with Gasteiger partial charge >= 0.3 is 0 Å². The van der Waals surface area contributed by atoms with Gasteiger partial charge in [-0.05, 0) is 29.7 Å². The molecule has 140 valence electrons. The molecule has 1 aliphatic heterocycles. The Morgan fingerprint density at radius 1 is 1.23 bits per heavy atom. The number of nitrogens with zero attached hydrogens (tertiary/aromatic N) is 3. The Hall–Kier alpha value is -2.15. The first-order valence-corrected chi connectivity index (χ1v) is 8.49. The Morgan fingerprint density at radius 2 is 1.92 bits per heavy atom. The van der Waals surface area contributed by atoms with E-state index < -0.39 is 0 Å². The molecular formula is C19H25ClN4O2. The molecule has 2 aromatic carbocycles. The molecule has 0 bridgehead atoms. The van der Waals surface area contributed by atoms with Crippen LogP contribution in [0.1, 0.15) is 12.5 Å². The summed E-state index contributed by atoms with van der Waals surface area (Å²) in [5, 5.41) is 11.6. The minimum atomic E-state index is -0.309. The fourth-order valence-electron chi connectivity index (χ4n) is 3.37. The molecule has 0 spiro atoms. The van der Waals surface area contributed by atoms with Gasteiger partial charge in [-0.15, -0.1) is 12.4 Å². The molecule has 26 heavy (non-hydrogen) atoms. The zero-order valence-electron chi connectivity index (χ0n) is 15.0. The van der Waals surface area contributed by atoms with Gasteiger partial charge in [0.2, 0.25) is 0 Å². The third kappa shape index (κ3) is 4.33. The highest BCUT2D eigenvalue weighted by atomic mass is 35.5. The van der Waals surface area contributed by atoms with Gasteiger partial charge in [-0.2, -0.15) is 0 Å². The van der Waals surface area contributed by atoms with Crippen molar-refractivity contribution in [2.45, 2.75) is 19.5 Å². The Kier molecular flexibility index (Phi) is 6.58. The number of hydrogen-bond acceptors (Lipinski definition) is 5. The lowest BCUT2D eigenvalue weighted by Gasteiger charge is -2.21. The third-order valence-corrected chi connectivity index (χ3v) is 4.89. The Morgan fingerprint density at radius 3 is 2.50 bits per heavy atom. The predicted octanol–water partition coefficient (Wildman–Crippen LogP) is 3.56. The highest BCUT2D eigenvalue weighted by Gasteiger charge is 2.27. The fraction of sp³-hybridized carbons (Fsp3) is 0.368. The van der Waals surface area contributed by atoms with Crippen LogP contribution in [0.15, 0.2) is 48.5 Å². The smallest absolute Gasteiger partial charge is 0.293 e. The second-order valence-corrected chi connectivity index (χ2v) is 6.81. The summed E-state index contributed by atoms with van der Waals surface area (Å²) in [4.78, 5) is 15.4. The second-order valence-electron chi connectivity index (χ2n) is 6.81. The van der Waals surface area contributed by atoms with Gasteiger partial charge in [-0.1, -0.05) is 31.2 Å². The van der Waals surface area contributed by atoms with Crippen LogP contribution in [0, 0.1) is 16.0 Å². The molecule has 1 saturated heterocycles. The van der Waals surface area contributed by atoms with Crippen molar-refractivity contribution in [2.24, 2.45) is 11.7 Å². The maximum Gasteiger partial charge on any atom is 0.293 e. The first-order valence-electron chi connectivity index (χ1n) is 8.49. The molecule has 2 N–H and O–H groups in total. The molecule has 0 aromatic heterocycles. The SMILES string of the molecule is CC1CN(Cc2ccc(N(C)c3ccccc3)c([N+](=O)[O-])c2)CC1N.Cl. The van der Waals surface area contributed by atoms with Gasteiger partial charge in [-0.3, -0.25) is 15.0 Å². The van der Waals surface area contributed by atoms with E-state index in [2.05, 4.69) is 11.8 Å². The topological polar surface area (TPSA) is 75.6 Å². The largest absolute Gasteiger partial charge is 0.339 e. The Balaban J connectivity index is 0.00000243. The van der Waals surface area contributed by atoms with Crippen molar-refractivity contribution < 1.29 is 4.92 Å². The highest BCUT2D eigenvalue weighted by molar-refractivity contribution is 5.85. The molecule has 3 rings (SSSR count). The van der Waals surface area contributed by atoms with E-state index in [-0.39, 0.29) is 29.1 Å². The molecule has 0 aliphatic carbocycles. The summed E-state index contributed by atoms with van der Waals surface area (Å²) >= 11 is 0. The summed E-state index contributed by atoms with van der Waals surface area (Å²) in [6.45, 7) is 4.60. The number of para-hydroxylation sites is 1. The van der Waals surface area contributed by atoms with Gasteiger partial charge in [0.25, 0.3) is 5.69 Å². The lowest BCUT2D eigenvalue weighted by molar-refractivity contribution is -0.384. The van der Waals surface area contributed by atoms with Crippen LogP contribution >= 0.6 is 12.4 Å². The zero-order valence-corrected chi connectivity index (χ0v) is 15.9. The van der Waals surface area contributed by atoms with Crippen molar-refractivity contribution >= 4 is 29.5 Å². The summed E-state index contributed by atoms with van der Waals surface area (Å²) in [6, 6.07) is 15.3. The molecule has 2 unspecified atom stereocenters. The molecule has 2 aromatic rings. The lowest BCUT2D eigenvalue weighted by atomic mass is 10.1. The first kappa shape index (κ1) is 20.2. The minimum Gasteiger partial charge on any atom is -0.339 e. The van der Waals surface area contributed by atoms with Crippen LogP contribution in [0.4, 0.5) is 17.1 Å². The average Bonchev–Trinajstić information content (AvgIpc) is 2.92. The quantitative estimate of drug-likeness (QED) is 0.637. The maximum absolute atomic E-state index is 11.6. The number of nitro benzene ring substituents is 1. The van der Waals surface area contributed by atoms with Crippen molar-refractivity contribution in [1.29, 1.82) is 0 Å². The van der Waals surface area contributed by atoms with E-state index in [4.69, 9.17) is 5.73 Å². The van der Waals surface area contributed by atoms with E-state index in [0.29, 0.717) is 18.2 Å². The summed E-state index contributed by atoms with van der Waals surface area (Å²) < 4.78 is 0. The lowest BCUT2D eigenvalue weighted by Crippen LogP contribution is -2.28. The fourth-order valence-corrected chi connectivity index (χ4v) is 3.37. The molecule has 0 amide bonds. The number of halogens is 1. The molecular weight excluding hydrogens is 352 g/mol. The van der Waals surface area contributed by atoms with Crippen molar-refractivity contribution in [3.63, 3.8) is 0 Å². The number of rotatable bonds is 5. The van der Waals surface area contributed by atoms with Crippen molar-refractivity contribution in [2.75, 3.05) is 25.0 Å². The van der Waals surface area contributed by atoms with Gasteiger partial charge in [0.1, 0.15) is 5.69 Å². The predicted molar refractivity (Wildman–Crippen MR) is 107 cm³/mol. The number of likely N-dealkylation sites (tertiary alicyclic amines) is 1. The molecule has 2 atom stereocenters. The van der Waals surface area contributed by atoms with Crippen LogP contribution < -0.4 is 10.6 Å². The van der Waals surface area contributed by atoms with E-state index in [1.54, 1.807) is 6.07 Å². The summed E-state index contributed by atoms with van der Waals surface area (Å²) in [7, 11) is 1.85. The standard InChI is InChI=1S/C19H24N4O2.ClH/c1-14-11-22(13-17(14)20)12-15-8-9-18(19(10-15)23(24)25)21(2)16-6-4-3-5-7-16;/h3-10,14,17H,11-13,20H2,1-2H3;1H. The van der Waals surface area contributed by atoms with E-state index in [9.17, 15) is 10.1 Å². The number of anilines is 2. The molecule has 1 heterocycles. The maximum atomic E-state index is 11.6. The molecule has 1 fully saturated rings. The van der Waals surface area contributed by atoms with E-state index in [0.717, 1.165) is 24.3 Å². The minimum absolute atomic E-state index is 0. The van der Waals surface area contributed by atoms with Crippen LogP contribution in [-0.2, 0) is 6.54 Å². The van der Waals surface area contributed by atoms with Crippen molar-refractivity contribution in [1.82, 2.24) is 4.90 Å². The number of hydrogen-bond donors (Lipinski definition) is 1. The van der Waals surface area contributed by atoms with Crippen molar-refractivity contribution in [3.05, 3.63) is 64.2 Å². The molecule has 6 nitrogen and oxygen atoms in total. The Bertz CT molecular complexity index is 746.